The van der Waals surface area contributed by atoms with Crippen LogP contribution in [0.15, 0.2) is 42.5 Å². The fourth-order valence-corrected chi connectivity index (χ4v) is 2.86. The number of nitrogens with one attached hydrogen (secondary N) is 1. The van der Waals surface area contributed by atoms with Gasteiger partial charge in [0.1, 0.15) is 0 Å². The molecule has 0 bridgehead atoms. The van der Waals surface area contributed by atoms with Gasteiger partial charge in [-0.2, -0.15) is 0 Å². The smallest absolute Gasteiger partial charge is 0.335 e. The van der Waals surface area contributed by atoms with E-state index in [1.165, 1.54) is 17.2 Å². The molecule has 0 saturated carbocycles. The standard InChI is InChI=1S/C18H19NO3S/c1-12-3-5-14(6-4-12)10-23-11-17(20)19-16-8-7-15(18(21)22)9-13(16)2/h3-9H,10-11H2,1-2H3,(H,19,20)(H,21,22). The minimum atomic E-state index is -0.973. The summed E-state index contributed by atoms with van der Waals surface area (Å²) in [5.74, 6) is 0.0754. The minimum absolute atomic E-state index is 0.0895. The van der Waals surface area contributed by atoms with E-state index in [0.29, 0.717) is 11.4 Å². The van der Waals surface area contributed by atoms with Crippen LogP contribution in [0.3, 0.4) is 0 Å². The molecular weight excluding hydrogens is 310 g/mol. The van der Waals surface area contributed by atoms with Crippen LogP contribution in [0, 0.1) is 13.8 Å². The van der Waals surface area contributed by atoms with Crippen molar-refractivity contribution in [3.63, 3.8) is 0 Å². The second-order valence-corrected chi connectivity index (χ2v) is 6.35. The molecular formula is C18H19NO3S. The number of hydrogen-bond acceptors (Lipinski definition) is 3. The molecule has 0 radical (unpaired) electrons. The van der Waals surface area contributed by atoms with Gasteiger partial charge in [0.05, 0.1) is 11.3 Å². The highest BCUT2D eigenvalue weighted by Crippen LogP contribution is 2.18. The van der Waals surface area contributed by atoms with Crippen molar-refractivity contribution < 1.29 is 14.7 Å². The van der Waals surface area contributed by atoms with Crippen LogP contribution in [0.4, 0.5) is 5.69 Å². The van der Waals surface area contributed by atoms with Gasteiger partial charge in [-0.25, -0.2) is 4.79 Å². The number of carbonyl (C=O) groups excluding carboxylic acids is 1. The number of rotatable bonds is 6. The monoisotopic (exact) mass is 329 g/mol. The zero-order valence-electron chi connectivity index (χ0n) is 13.1. The molecule has 2 rings (SSSR count). The Hall–Kier alpha value is -2.27. The molecule has 2 aromatic carbocycles. The molecule has 0 atom stereocenters. The molecule has 0 aliphatic carbocycles. The molecule has 0 unspecified atom stereocenters. The van der Waals surface area contributed by atoms with Crippen molar-refractivity contribution in [3.05, 3.63) is 64.7 Å². The molecule has 0 aliphatic heterocycles. The first-order chi connectivity index (χ1) is 11.0. The van der Waals surface area contributed by atoms with Gasteiger partial charge in [0.2, 0.25) is 5.91 Å². The molecule has 2 aromatic rings. The third-order valence-electron chi connectivity index (χ3n) is 3.37. The van der Waals surface area contributed by atoms with Crippen molar-refractivity contribution in [2.75, 3.05) is 11.1 Å². The van der Waals surface area contributed by atoms with Crippen LogP contribution in [0.2, 0.25) is 0 Å². The van der Waals surface area contributed by atoms with E-state index in [1.54, 1.807) is 30.8 Å². The van der Waals surface area contributed by atoms with E-state index in [1.807, 2.05) is 6.92 Å². The number of carbonyl (C=O) groups is 2. The molecule has 120 valence electrons. The molecule has 5 heteroatoms. The minimum Gasteiger partial charge on any atom is -0.478 e. The van der Waals surface area contributed by atoms with E-state index in [0.717, 1.165) is 11.3 Å². The van der Waals surface area contributed by atoms with Gasteiger partial charge >= 0.3 is 5.97 Å². The maximum Gasteiger partial charge on any atom is 0.335 e. The Bertz CT molecular complexity index is 711. The van der Waals surface area contributed by atoms with E-state index in [9.17, 15) is 9.59 Å². The van der Waals surface area contributed by atoms with Crippen LogP contribution in [0.5, 0.6) is 0 Å². The maximum absolute atomic E-state index is 12.0. The predicted octanol–water partition coefficient (Wildman–Crippen LogP) is 3.87. The van der Waals surface area contributed by atoms with E-state index in [2.05, 4.69) is 29.6 Å². The number of carboxylic acids is 1. The average molecular weight is 329 g/mol. The van der Waals surface area contributed by atoms with Crippen molar-refractivity contribution >= 4 is 29.3 Å². The summed E-state index contributed by atoms with van der Waals surface area (Å²) in [4.78, 5) is 22.9. The first-order valence-electron chi connectivity index (χ1n) is 7.23. The summed E-state index contributed by atoms with van der Waals surface area (Å²) >= 11 is 1.55. The second kappa shape index (κ2) is 7.83. The van der Waals surface area contributed by atoms with Crippen LogP contribution in [0.1, 0.15) is 27.0 Å². The Morgan fingerprint density at radius 1 is 1.09 bits per heavy atom. The summed E-state index contributed by atoms with van der Waals surface area (Å²) in [6.45, 7) is 3.82. The summed E-state index contributed by atoms with van der Waals surface area (Å²) in [7, 11) is 0. The molecule has 0 saturated heterocycles. The summed E-state index contributed by atoms with van der Waals surface area (Å²) in [6.07, 6.45) is 0. The first kappa shape index (κ1) is 17.1. The number of carboxylic acid groups (broad SMARTS) is 1. The number of aryl methyl sites for hydroxylation is 2. The van der Waals surface area contributed by atoms with E-state index in [-0.39, 0.29) is 11.5 Å². The first-order valence-corrected chi connectivity index (χ1v) is 8.38. The number of hydrogen-bond donors (Lipinski definition) is 2. The predicted molar refractivity (Wildman–Crippen MR) is 94.1 cm³/mol. The number of amides is 1. The third-order valence-corrected chi connectivity index (χ3v) is 4.37. The van der Waals surface area contributed by atoms with E-state index in [4.69, 9.17) is 5.11 Å². The summed E-state index contributed by atoms with van der Waals surface area (Å²) < 4.78 is 0. The Morgan fingerprint density at radius 2 is 1.78 bits per heavy atom. The molecule has 2 N–H and O–H groups in total. The summed E-state index contributed by atoms with van der Waals surface area (Å²) in [5, 5.41) is 11.8. The van der Waals surface area contributed by atoms with Crippen LogP contribution in [-0.2, 0) is 10.5 Å². The molecule has 0 aromatic heterocycles. The van der Waals surface area contributed by atoms with Gasteiger partial charge in [0.15, 0.2) is 0 Å². The zero-order chi connectivity index (χ0) is 16.8. The normalized spacial score (nSPS) is 10.3. The molecule has 0 spiro atoms. The molecule has 23 heavy (non-hydrogen) atoms. The van der Waals surface area contributed by atoms with Crippen LogP contribution in [0.25, 0.3) is 0 Å². The molecule has 4 nitrogen and oxygen atoms in total. The molecule has 0 fully saturated rings. The van der Waals surface area contributed by atoms with Gasteiger partial charge in [-0.05, 0) is 43.2 Å². The lowest BCUT2D eigenvalue weighted by Crippen LogP contribution is -2.15. The summed E-state index contributed by atoms with van der Waals surface area (Å²) in [5.41, 5.74) is 4.01. The SMILES string of the molecule is Cc1ccc(CSCC(=O)Nc2ccc(C(=O)O)cc2C)cc1. The quantitative estimate of drug-likeness (QED) is 0.844. The highest BCUT2D eigenvalue weighted by molar-refractivity contribution is 7.99. The molecule has 0 aliphatic rings. The zero-order valence-corrected chi connectivity index (χ0v) is 13.9. The Labute approximate surface area is 139 Å². The van der Waals surface area contributed by atoms with Crippen LogP contribution in [-0.4, -0.2) is 22.7 Å². The average Bonchev–Trinajstić information content (AvgIpc) is 2.51. The summed E-state index contributed by atoms with van der Waals surface area (Å²) in [6, 6.07) is 12.9. The van der Waals surface area contributed by atoms with Crippen LogP contribution < -0.4 is 5.32 Å². The van der Waals surface area contributed by atoms with Crippen molar-refractivity contribution in [1.82, 2.24) is 0 Å². The van der Waals surface area contributed by atoms with Crippen LogP contribution >= 0.6 is 11.8 Å². The Balaban J connectivity index is 1.85. The Morgan fingerprint density at radius 3 is 2.39 bits per heavy atom. The fourth-order valence-electron chi connectivity index (χ4n) is 2.07. The van der Waals surface area contributed by atoms with Gasteiger partial charge < -0.3 is 10.4 Å². The highest BCUT2D eigenvalue weighted by atomic mass is 32.2. The van der Waals surface area contributed by atoms with Gasteiger partial charge in [-0.3, -0.25) is 4.79 Å². The van der Waals surface area contributed by atoms with Crippen molar-refractivity contribution in [1.29, 1.82) is 0 Å². The second-order valence-electron chi connectivity index (χ2n) is 5.36. The number of thioether (sulfide) groups is 1. The maximum atomic E-state index is 12.0. The van der Waals surface area contributed by atoms with E-state index < -0.39 is 5.97 Å². The fraction of sp³-hybridized carbons (Fsp3) is 0.222. The Kier molecular flexibility index (Phi) is 5.82. The lowest BCUT2D eigenvalue weighted by atomic mass is 10.1. The van der Waals surface area contributed by atoms with Gasteiger partial charge in [0.25, 0.3) is 0 Å². The molecule has 1 amide bonds. The number of benzene rings is 2. The van der Waals surface area contributed by atoms with E-state index >= 15 is 0 Å². The lowest BCUT2D eigenvalue weighted by molar-refractivity contribution is -0.113. The highest BCUT2D eigenvalue weighted by Gasteiger charge is 2.08. The topological polar surface area (TPSA) is 66.4 Å². The van der Waals surface area contributed by atoms with Gasteiger partial charge in [-0.1, -0.05) is 29.8 Å². The lowest BCUT2D eigenvalue weighted by Gasteiger charge is -2.09. The third kappa shape index (κ3) is 5.14. The number of aromatic carboxylic acids is 1. The van der Waals surface area contributed by atoms with Gasteiger partial charge in [0, 0.05) is 11.4 Å². The van der Waals surface area contributed by atoms with Crippen molar-refractivity contribution in [2.24, 2.45) is 0 Å². The largest absolute Gasteiger partial charge is 0.478 e. The van der Waals surface area contributed by atoms with Gasteiger partial charge in [-0.15, -0.1) is 11.8 Å². The molecule has 0 heterocycles. The number of anilines is 1. The van der Waals surface area contributed by atoms with Crippen molar-refractivity contribution in [2.45, 2.75) is 19.6 Å². The van der Waals surface area contributed by atoms with Crippen molar-refractivity contribution in [3.8, 4) is 0 Å².